The summed E-state index contributed by atoms with van der Waals surface area (Å²) in [6, 6.07) is 11.5. The highest BCUT2D eigenvalue weighted by Crippen LogP contribution is 2.41. The van der Waals surface area contributed by atoms with Crippen molar-refractivity contribution in [3.8, 4) is 11.5 Å². The lowest BCUT2D eigenvalue weighted by Crippen LogP contribution is -2.65. The number of para-hydroxylation sites is 2. The first kappa shape index (κ1) is 34.3. The molecule has 15 heteroatoms. The summed E-state index contributed by atoms with van der Waals surface area (Å²) in [7, 11) is 2.83. The highest BCUT2D eigenvalue weighted by molar-refractivity contribution is 7.14. The molecule has 0 aliphatic heterocycles. The maximum atomic E-state index is 14.4. The number of carbonyl (C=O) groups excluding carboxylic acids is 3. The molecule has 0 aliphatic carbocycles. The predicted octanol–water partition coefficient (Wildman–Crippen LogP) is 5.41. The molecule has 2 aromatic carbocycles. The number of aromatic nitrogens is 2. The molecule has 4 rings (SSSR count). The first-order chi connectivity index (χ1) is 20.5. The van der Waals surface area contributed by atoms with Gasteiger partial charge in [-0.3, -0.25) is 30.9 Å². The second-order valence-electron chi connectivity index (χ2n) is 10.1. The Bertz CT molecular complexity index is 1560. The van der Waals surface area contributed by atoms with Crippen molar-refractivity contribution >= 4 is 63.3 Å². The van der Waals surface area contributed by atoms with Gasteiger partial charge in [0.2, 0.25) is 5.66 Å². The van der Waals surface area contributed by atoms with Gasteiger partial charge >= 0.3 is 6.09 Å². The standard InChI is InChI=1S/C29H32N6O6S2.ClH/c1-28(2,3)41-27(38)35(22(18-10-6-8-12-20(18)39-4)23(36)33-25-31-14-16-42-25)29(30,19-11-7-9-13-21(19)40-5)24(37)34-26-32-15-17-43-26;/h6-17,22H,30H2,1-5H3,(H,31,33,36)(H,32,34,37);1H. The van der Waals surface area contributed by atoms with Gasteiger partial charge in [0, 0.05) is 34.3 Å². The Labute approximate surface area is 269 Å². The second kappa shape index (κ2) is 14.5. The van der Waals surface area contributed by atoms with Crippen LogP contribution < -0.4 is 25.8 Å². The second-order valence-corrected chi connectivity index (χ2v) is 11.9. The summed E-state index contributed by atoms with van der Waals surface area (Å²) < 4.78 is 17.0. The first-order valence-electron chi connectivity index (χ1n) is 13.0. The average molecular weight is 661 g/mol. The molecule has 0 fully saturated rings. The zero-order valence-corrected chi connectivity index (χ0v) is 27.0. The lowest BCUT2D eigenvalue weighted by Gasteiger charge is -2.44. The third-order valence-corrected chi connectivity index (χ3v) is 7.47. The summed E-state index contributed by atoms with van der Waals surface area (Å²) in [5.41, 5.74) is 4.00. The number of amides is 3. The number of nitrogens with one attached hydrogen (secondary N) is 2. The molecule has 0 aliphatic rings. The molecule has 2 atom stereocenters. The molecular weight excluding hydrogens is 628 g/mol. The van der Waals surface area contributed by atoms with E-state index in [0.29, 0.717) is 0 Å². The van der Waals surface area contributed by atoms with Crippen molar-refractivity contribution in [2.75, 3.05) is 24.9 Å². The molecule has 0 saturated carbocycles. The number of nitrogens with two attached hydrogens (primary N) is 1. The highest BCUT2D eigenvalue weighted by Gasteiger charge is 2.54. The Hall–Kier alpha value is -4.24. The van der Waals surface area contributed by atoms with Crippen LogP contribution in [0.3, 0.4) is 0 Å². The molecule has 2 aromatic heterocycles. The van der Waals surface area contributed by atoms with E-state index in [1.165, 1.54) is 44.0 Å². The Kier molecular flexibility index (Phi) is 11.3. The smallest absolute Gasteiger partial charge is 0.413 e. The molecule has 234 valence electrons. The van der Waals surface area contributed by atoms with Crippen LogP contribution in [0, 0.1) is 0 Å². The van der Waals surface area contributed by atoms with Crippen LogP contribution >= 0.6 is 35.1 Å². The maximum Gasteiger partial charge on any atom is 0.413 e. The van der Waals surface area contributed by atoms with Crippen molar-refractivity contribution in [2.45, 2.75) is 38.1 Å². The minimum atomic E-state index is -2.41. The van der Waals surface area contributed by atoms with Crippen molar-refractivity contribution in [2.24, 2.45) is 5.73 Å². The Balaban J connectivity index is 0.00000529. The van der Waals surface area contributed by atoms with E-state index in [4.69, 9.17) is 19.9 Å². The van der Waals surface area contributed by atoms with Crippen LogP contribution in [0.2, 0.25) is 0 Å². The van der Waals surface area contributed by atoms with Crippen molar-refractivity contribution in [1.82, 2.24) is 14.9 Å². The van der Waals surface area contributed by atoms with Crippen LogP contribution in [0.1, 0.15) is 37.9 Å². The largest absolute Gasteiger partial charge is 0.496 e. The van der Waals surface area contributed by atoms with Gasteiger partial charge < -0.3 is 14.2 Å². The molecule has 0 saturated heterocycles. The van der Waals surface area contributed by atoms with Crippen molar-refractivity contribution < 1.29 is 28.6 Å². The van der Waals surface area contributed by atoms with Gasteiger partial charge in [-0.1, -0.05) is 36.4 Å². The minimum absolute atomic E-state index is 0. The van der Waals surface area contributed by atoms with Crippen LogP contribution in [0.5, 0.6) is 11.5 Å². The number of nitrogens with zero attached hydrogens (tertiary/aromatic N) is 3. The summed E-state index contributed by atoms with van der Waals surface area (Å²) in [6.45, 7) is 4.98. The van der Waals surface area contributed by atoms with Crippen LogP contribution in [-0.2, 0) is 20.0 Å². The van der Waals surface area contributed by atoms with Gasteiger partial charge in [-0.15, -0.1) is 35.1 Å². The van der Waals surface area contributed by atoms with Crippen LogP contribution in [0.4, 0.5) is 15.1 Å². The molecular formula is C29H33ClN6O6S2. The van der Waals surface area contributed by atoms with E-state index in [9.17, 15) is 14.4 Å². The third-order valence-electron chi connectivity index (χ3n) is 6.09. The lowest BCUT2D eigenvalue weighted by atomic mass is 9.91. The fourth-order valence-electron chi connectivity index (χ4n) is 4.31. The fourth-order valence-corrected chi connectivity index (χ4v) is 5.37. The number of ether oxygens (including phenoxy) is 3. The normalized spacial score (nSPS) is 13.0. The molecule has 2 unspecified atom stereocenters. The summed E-state index contributed by atoms with van der Waals surface area (Å²) in [5.74, 6) is -1.15. The maximum absolute atomic E-state index is 14.4. The Morgan fingerprint density at radius 1 is 0.864 bits per heavy atom. The molecule has 3 amide bonds. The third kappa shape index (κ3) is 7.45. The van der Waals surface area contributed by atoms with Gasteiger partial charge in [0.25, 0.3) is 11.8 Å². The van der Waals surface area contributed by atoms with Crippen LogP contribution in [0.25, 0.3) is 0 Å². The predicted molar refractivity (Wildman–Crippen MR) is 171 cm³/mol. The zero-order valence-electron chi connectivity index (χ0n) is 24.6. The lowest BCUT2D eigenvalue weighted by molar-refractivity contribution is -0.135. The van der Waals surface area contributed by atoms with E-state index < -0.39 is 35.2 Å². The molecule has 4 N–H and O–H groups in total. The summed E-state index contributed by atoms with van der Waals surface area (Å²) in [4.78, 5) is 52.2. The monoisotopic (exact) mass is 660 g/mol. The number of benzene rings is 2. The number of rotatable bonds is 10. The van der Waals surface area contributed by atoms with E-state index in [2.05, 4.69) is 20.6 Å². The summed E-state index contributed by atoms with van der Waals surface area (Å²) in [5, 5.41) is 9.28. The van der Waals surface area contributed by atoms with Crippen LogP contribution in [-0.4, -0.2) is 52.6 Å². The Morgan fingerprint density at radius 2 is 1.41 bits per heavy atom. The number of hydrogen-bond acceptors (Lipinski definition) is 11. The molecule has 0 spiro atoms. The minimum Gasteiger partial charge on any atom is -0.496 e. The number of halogens is 1. The molecule has 44 heavy (non-hydrogen) atoms. The molecule has 12 nitrogen and oxygen atoms in total. The molecule has 2 heterocycles. The Morgan fingerprint density at radius 3 is 1.95 bits per heavy atom. The fraction of sp³-hybridized carbons (Fsp3) is 0.276. The summed E-state index contributed by atoms with van der Waals surface area (Å²) >= 11 is 2.33. The van der Waals surface area contributed by atoms with Gasteiger partial charge in [-0.2, -0.15) is 0 Å². The van der Waals surface area contributed by atoms with E-state index >= 15 is 0 Å². The molecule has 0 radical (unpaired) electrons. The van der Waals surface area contributed by atoms with Crippen molar-refractivity contribution in [1.29, 1.82) is 0 Å². The van der Waals surface area contributed by atoms with Gasteiger partial charge in [-0.05, 0) is 32.9 Å². The number of carbonyl (C=O) groups is 3. The van der Waals surface area contributed by atoms with Crippen LogP contribution in [0.15, 0.2) is 71.7 Å². The summed E-state index contributed by atoms with van der Waals surface area (Å²) in [6.07, 6.45) is 1.97. The van der Waals surface area contributed by atoms with Gasteiger partial charge in [0.1, 0.15) is 23.1 Å². The molecule has 4 aromatic rings. The van der Waals surface area contributed by atoms with E-state index in [1.54, 1.807) is 74.0 Å². The first-order valence-corrected chi connectivity index (χ1v) is 14.7. The topological polar surface area (TPSA) is 158 Å². The van der Waals surface area contributed by atoms with E-state index in [0.717, 1.165) is 16.2 Å². The van der Waals surface area contributed by atoms with Gasteiger partial charge in [0.05, 0.1) is 14.2 Å². The number of methoxy groups -OCH3 is 2. The number of anilines is 2. The zero-order chi connectivity index (χ0) is 31.2. The van der Waals surface area contributed by atoms with E-state index in [-0.39, 0.29) is 45.3 Å². The SMILES string of the molecule is COc1ccccc1C(C(=O)Nc1nccs1)N(C(=O)OC(C)(C)C)C(N)(C(=O)Nc1nccs1)c1ccccc1OC.Cl. The van der Waals surface area contributed by atoms with Gasteiger partial charge in [0.15, 0.2) is 10.3 Å². The molecule has 0 bridgehead atoms. The van der Waals surface area contributed by atoms with Crippen molar-refractivity contribution in [3.05, 3.63) is 82.8 Å². The quantitative estimate of drug-likeness (QED) is 0.189. The number of thiazole rings is 2. The van der Waals surface area contributed by atoms with E-state index in [1.807, 2.05) is 0 Å². The van der Waals surface area contributed by atoms with Gasteiger partial charge in [-0.25, -0.2) is 14.8 Å². The van der Waals surface area contributed by atoms with Crippen molar-refractivity contribution in [3.63, 3.8) is 0 Å². The highest BCUT2D eigenvalue weighted by atomic mass is 35.5. The average Bonchev–Trinajstić information content (AvgIpc) is 3.69. The number of hydrogen-bond donors (Lipinski definition) is 3.